The maximum atomic E-state index is 13.8. The van der Waals surface area contributed by atoms with Crippen molar-refractivity contribution in [2.45, 2.75) is 32.3 Å². The highest BCUT2D eigenvalue weighted by molar-refractivity contribution is 6.32. The van der Waals surface area contributed by atoms with Crippen LogP contribution in [0.4, 0.5) is 0 Å². The molecule has 2 fully saturated rings. The molecule has 1 amide bonds. The van der Waals surface area contributed by atoms with Crippen molar-refractivity contribution < 1.29 is 38.6 Å². The van der Waals surface area contributed by atoms with Crippen molar-refractivity contribution in [1.82, 2.24) is 0 Å². The zero-order valence-corrected chi connectivity index (χ0v) is 19.2. The molecule has 2 unspecified atom stereocenters. The highest BCUT2D eigenvalue weighted by Gasteiger charge is 2.69. The third-order valence-corrected chi connectivity index (χ3v) is 8.03. The molecule has 0 bridgehead atoms. The van der Waals surface area contributed by atoms with E-state index in [9.17, 15) is 34.2 Å². The molecule has 1 heterocycles. The smallest absolute Gasteiger partial charge is 0.235 e. The Hall–Kier alpha value is -3.59. The average molecular weight is 479 g/mol. The van der Waals surface area contributed by atoms with Crippen LogP contribution >= 0.6 is 0 Å². The second-order valence-electron chi connectivity index (χ2n) is 10.1. The molecule has 2 aromatic rings. The molecule has 9 nitrogen and oxygen atoms in total. The van der Waals surface area contributed by atoms with E-state index in [1.165, 1.54) is 18.6 Å². The quantitative estimate of drug-likeness (QED) is 0.557. The highest BCUT2D eigenvalue weighted by Crippen LogP contribution is 2.53. The molecule has 5 rings (SSSR count). The van der Waals surface area contributed by atoms with Gasteiger partial charge in [-0.15, -0.1) is 0 Å². The number of hydrogen-bond donors (Lipinski definition) is 3. The van der Waals surface area contributed by atoms with Gasteiger partial charge in [0.25, 0.3) is 0 Å². The average Bonchev–Trinajstić information content (AvgIpc) is 3.30. The minimum absolute atomic E-state index is 0.0356. The van der Waals surface area contributed by atoms with Crippen LogP contribution in [0.15, 0.2) is 35.1 Å². The lowest BCUT2D eigenvalue weighted by molar-refractivity contribution is -0.182. The van der Waals surface area contributed by atoms with E-state index in [1.807, 2.05) is 0 Å². The minimum atomic E-state index is -2.69. The van der Waals surface area contributed by atoms with Gasteiger partial charge >= 0.3 is 0 Å². The predicted octanol–water partition coefficient (Wildman–Crippen LogP) is 1.47. The number of Topliss-reactive ketones (excluding diaryl/α,β-unsaturated/α-hetero) is 4. The molecule has 1 aromatic carbocycles. The van der Waals surface area contributed by atoms with E-state index >= 15 is 0 Å². The summed E-state index contributed by atoms with van der Waals surface area (Å²) >= 11 is 0. The Labute approximate surface area is 200 Å². The van der Waals surface area contributed by atoms with Gasteiger partial charge in [-0.05, 0) is 47.9 Å². The lowest BCUT2D eigenvalue weighted by atomic mass is 9.49. The van der Waals surface area contributed by atoms with Crippen molar-refractivity contribution in [2.24, 2.45) is 41.2 Å². The van der Waals surface area contributed by atoms with Gasteiger partial charge in [-0.25, -0.2) is 0 Å². The van der Waals surface area contributed by atoms with Crippen LogP contribution in [-0.4, -0.2) is 44.9 Å². The van der Waals surface area contributed by atoms with Gasteiger partial charge in [0.15, 0.2) is 34.7 Å². The van der Waals surface area contributed by atoms with E-state index in [-0.39, 0.29) is 24.2 Å². The molecule has 4 N–H and O–H groups in total. The van der Waals surface area contributed by atoms with Crippen molar-refractivity contribution in [2.75, 3.05) is 0 Å². The summed E-state index contributed by atoms with van der Waals surface area (Å²) in [5.41, 5.74) is 4.51. The Morgan fingerprint density at radius 3 is 2.46 bits per heavy atom. The zero-order valence-electron chi connectivity index (χ0n) is 19.2. The molecule has 1 aromatic heterocycles. The predicted molar refractivity (Wildman–Crippen MR) is 120 cm³/mol. The van der Waals surface area contributed by atoms with Crippen molar-refractivity contribution in [3.05, 3.63) is 41.9 Å². The Morgan fingerprint density at radius 2 is 1.86 bits per heavy atom. The van der Waals surface area contributed by atoms with Crippen LogP contribution in [0.1, 0.15) is 36.2 Å². The van der Waals surface area contributed by atoms with E-state index in [0.29, 0.717) is 16.7 Å². The van der Waals surface area contributed by atoms with E-state index < -0.39 is 70.1 Å². The van der Waals surface area contributed by atoms with E-state index in [4.69, 9.17) is 10.2 Å². The Balaban J connectivity index is 1.67. The van der Waals surface area contributed by atoms with Crippen LogP contribution in [0.25, 0.3) is 11.1 Å². The fraction of sp³-hybridized carbons (Fsp3) is 0.423. The Kier molecular flexibility index (Phi) is 5.10. The molecular weight excluding hydrogens is 454 g/mol. The number of carbonyl (C=O) groups excluding carboxylic acids is 5. The summed E-state index contributed by atoms with van der Waals surface area (Å²) in [6, 6.07) is 4.73. The van der Waals surface area contributed by atoms with Crippen LogP contribution in [0.3, 0.4) is 0 Å². The molecular formula is C26H25NO8. The van der Waals surface area contributed by atoms with Gasteiger partial charge in [0.2, 0.25) is 5.91 Å². The van der Waals surface area contributed by atoms with Crippen LogP contribution in [-0.2, 0) is 25.6 Å². The van der Waals surface area contributed by atoms with Crippen molar-refractivity contribution >= 4 is 29.0 Å². The molecule has 0 radical (unpaired) electrons. The number of amides is 1. The van der Waals surface area contributed by atoms with Crippen LogP contribution in [0.5, 0.6) is 5.75 Å². The van der Waals surface area contributed by atoms with Gasteiger partial charge in [-0.3, -0.25) is 24.0 Å². The number of phenols is 1. The Bertz CT molecular complexity index is 1290. The number of aliphatic hydroxyl groups is 1. The maximum Gasteiger partial charge on any atom is 0.235 e. The number of nitrogens with two attached hydrogens (primary N) is 1. The molecule has 2 saturated carbocycles. The summed E-state index contributed by atoms with van der Waals surface area (Å²) < 4.78 is 5.17. The summed E-state index contributed by atoms with van der Waals surface area (Å²) in [6.07, 6.45) is 3.24. The summed E-state index contributed by atoms with van der Waals surface area (Å²) in [6.45, 7) is 3.42. The van der Waals surface area contributed by atoms with E-state index in [1.54, 1.807) is 26.0 Å². The SMILES string of the molecule is CC(C)[C@@H]1C(=O)C(C(N)=O)C(=O)[C@@]2(O)C(=O)C3C(=O)c4c(O)ccc(-c5ccoc5)c4C[C@H]3C[C@@H]12. The molecule has 35 heavy (non-hydrogen) atoms. The third-order valence-electron chi connectivity index (χ3n) is 8.03. The molecule has 0 saturated heterocycles. The fourth-order valence-corrected chi connectivity index (χ4v) is 6.54. The van der Waals surface area contributed by atoms with E-state index in [0.717, 1.165) is 0 Å². The number of hydrogen-bond acceptors (Lipinski definition) is 8. The molecule has 6 atom stereocenters. The summed E-state index contributed by atoms with van der Waals surface area (Å²) in [5, 5.41) is 22.1. The van der Waals surface area contributed by atoms with Gasteiger partial charge in [0.1, 0.15) is 5.75 Å². The van der Waals surface area contributed by atoms with Crippen LogP contribution in [0.2, 0.25) is 0 Å². The summed E-state index contributed by atoms with van der Waals surface area (Å²) in [4.78, 5) is 65.8. The van der Waals surface area contributed by atoms with Crippen molar-refractivity contribution in [3.8, 4) is 16.9 Å². The normalized spacial score (nSPS) is 32.3. The molecule has 9 heteroatoms. The van der Waals surface area contributed by atoms with Crippen molar-refractivity contribution in [3.63, 3.8) is 0 Å². The highest BCUT2D eigenvalue weighted by atomic mass is 16.3. The number of benzene rings is 1. The zero-order chi connectivity index (χ0) is 25.4. The van der Waals surface area contributed by atoms with E-state index in [2.05, 4.69) is 0 Å². The largest absolute Gasteiger partial charge is 0.507 e. The number of phenolic OH excluding ortho intramolecular Hbond substituents is 1. The first kappa shape index (κ1) is 23.2. The first-order valence-corrected chi connectivity index (χ1v) is 11.6. The van der Waals surface area contributed by atoms with Crippen LogP contribution in [0, 0.1) is 35.5 Å². The standard InChI is InChI=1S/C26H25NO8/c1-10(2)17-15-8-12-7-14-13(11-5-6-35-9-11)3-4-16(28)19(14)22(30)18(12)23(31)26(15,34)24(32)20(21(17)29)25(27)33/h3-6,9-10,12,15,17-18,20,28,34H,7-8H2,1-2H3,(H2,27,33)/t12-,15-,17-,18?,20?,26-/m0/s1. The number of primary amides is 1. The molecule has 3 aliphatic rings. The number of fused-ring (bicyclic) bond motifs is 3. The monoisotopic (exact) mass is 479 g/mol. The van der Waals surface area contributed by atoms with Gasteiger partial charge in [-0.2, -0.15) is 0 Å². The Morgan fingerprint density at radius 1 is 1.14 bits per heavy atom. The second-order valence-corrected chi connectivity index (χ2v) is 10.1. The topological polar surface area (TPSA) is 165 Å². The molecule has 3 aliphatic carbocycles. The summed E-state index contributed by atoms with van der Waals surface area (Å²) in [7, 11) is 0. The fourth-order valence-electron chi connectivity index (χ4n) is 6.54. The van der Waals surface area contributed by atoms with Gasteiger partial charge in [0, 0.05) is 17.4 Å². The first-order chi connectivity index (χ1) is 16.5. The second kappa shape index (κ2) is 7.71. The summed E-state index contributed by atoms with van der Waals surface area (Å²) in [5.74, 6) is -11.6. The third kappa shape index (κ3) is 3.00. The number of furan rings is 1. The van der Waals surface area contributed by atoms with Crippen molar-refractivity contribution in [1.29, 1.82) is 0 Å². The molecule has 0 aliphatic heterocycles. The van der Waals surface area contributed by atoms with Gasteiger partial charge < -0.3 is 20.4 Å². The number of rotatable bonds is 3. The van der Waals surface area contributed by atoms with Gasteiger partial charge in [-0.1, -0.05) is 19.9 Å². The number of aromatic hydroxyl groups is 1. The van der Waals surface area contributed by atoms with Crippen LogP contribution < -0.4 is 5.73 Å². The lowest BCUT2D eigenvalue weighted by Crippen LogP contribution is -2.71. The minimum Gasteiger partial charge on any atom is -0.507 e. The molecule has 182 valence electrons. The molecule has 0 spiro atoms. The number of ketones is 4. The van der Waals surface area contributed by atoms with Gasteiger partial charge in [0.05, 0.1) is 24.0 Å². The maximum absolute atomic E-state index is 13.8. The first-order valence-electron chi connectivity index (χ1n) is 11.6. The lowest BCUT2D eigenvalue weighted by Gasteiger charge is -2.52. The number of carbonyl (C=O) groups is 5.